The fraction of sp³-hybridized carbons (Fsp3) is 0.417. The first-order chi connectivity index (χ1) is 16.2. The number of sulfonamides is 1. The molecule has 3 rings (SSSR count). The first-order valence-electron chi connectivity index (χ1n) is 11.2. The predicted molar refractivity (Wildman–Crippen MR) is 129 cm³/mol. The van der Waals surface area contributed by atoms with Crippen molar-refractivity contribution >= 4 is 39.2 Å². The molecule has 1 saturated heterocycles. The molecule has 0 radical (unpaired) electrons. The predicted octanol–water partition coefficient (Wildman–Crippen LogP) is 4.62. The molecule has 1 fully saturated rings. The summed E-state index contributed by atoms with van der Waals surface area (Å²) in [7, 11) is -3.78. The van der Waals surface area contributed by atoms with Crippen LogP contribution in [0.25, 0.3) is 0 Å². The molecule has 2 aromatic carbocycles. The Labute approximate surface area is 204 Å². The molecule has 7 nitrogen and oxygen atoms in total. The third-order valence-corrected chi connectivity index (χ3v) is 7.89. The number of carbonyl (C=O) groups is 2. The van der Waals surface area contributed by atoms with E-state index in [1.807, 2.05) is 6.92 Å². The molecule has 10 heteroatoms. The molecule has 1 aliphatic rings. The Morgan fingerprint density at radius 1 is 1.15 bits per heavy atom. The summed E-state index contributed by atoms with van der Waals surface area (Å²) in [6.07, 6.45) is 2.43. The van der Waals surface area contributed by atoms with Gasteiger partial charge >= 0.3 is 5.97 Å². The number of nitrogens with zero attached hydrogens (tertiary/aromatic N) is 1. The van der Waals surface area contributed by atoms with Crippen LogP contribution < -0.4 is 5.32 Å². The summed E-state index contributed by atoms with van der Waals surface area (Å²) in [4.78, 5) is 24.6. The third-order valence-electron chi connectivity index (χ3n) is 5.73. The molecular formula is C24H28ClFN2O5S. The SMILES string of the molecule is CCCCOC(=O)c1ccc(NC(=O)C2CCN(S(=O)(=O)Cc3c(F)cccc3Cl)CC2)cc1. The molecule has 1 N–H and O–H groups in total. The van der Waals surface area contributed by atoms with Crippen molar-refractivity contribution in [1.82, 2.24) is 4.31 Å². The molecule has 1 amide bonds. The number of carbonyl (C=O) groups excluding carboxylic acids is 2. The number of unbranched alkanes of at least 4 members (excludes halogenated alkanes) is 1. The van der Waals surface area contributed by atoms with E-state index in [1.165, 1.54) is 22.5 Å². The molecular weight excluding hydrogens is 483 g/mol. The maximum Gasteiger partial charge on any atom is 0.338 e. The average Bonchev–Trinajstić information content (AvgIpc) is 2.82. The molecule has 0 aliphatic carbocycles. The van der Waals surface area contributed by atoms with Crippen LogP contribution in [0, 0.1) is 11.7 Å². The Balaban J connectivity index is 1.52. The lowest BCUT2D eigenvalue weighted by atomic mass is 9.97. The summed E-state index contributed by atoms with van der Waals surface area (Å²) in [5, 5.41) is 2.88. The molecule has 1 aliphatic heterocycles. The van der Waals surface area contributed by atoms with E-state index in [4.69, 9.17) is 16.3 Å². The number of anilines is 1. The Hall–Kier alpha value is -2.49. The second-order valence-electron chi connectivity index (χ2n) is 8.19. The van der Waals surface area contributed by atoms with Crippen LogP contribution in [0.2, 0.25) is 5.02 Å². The highest BCUT2D eigenvalue weighted by Gasteiger charge is 2.32. The van der Waals surface area contributed by atoms with E-state index in [1.54, 1.807) is 24.3 Å². The standard InChI is InChI=1S/C24H28ClFN2O5S/c1-2-3-15-33-24(30)18-7-9-19(10-8-18)27-23(29)17-11-13-28(14-12-17)34(31,32)16-20-21(25)5-4-6-22(20)26/h4-10,17H,2-3,11-16H2,1H3,(H,27,29). The molecule has 34 heavy (non-hydrogen) atoms. The summed E-state index contributed by atoms with van der Waals surface area (Å²) in [5.41, 5.74) is 0.892. The molecule has 0 atom stereocenters. The lowest BCUT2D eigenvalue weighted by Crippen LogP contribution is -2.42. The van der Waals surface area contributed by atoms with Gasteiger partial charge in [-0.3, -0.25) is 4.79 Å². The zero-order chi connectivity index (χ0) is 24.7. The Morgan fingerprint density at radius 3 is 2.44 bits per heavy atom. The summed E-state index contributed by atoms with van der Waals surface area (Å²) < 4.78 is 46.0. The van der Waals surface area contributed by atoms with Crippen LogP contribution >= 0.6 is 11.6 Å². The quantitative estimate of drug-likeness (QED) is 0.392. The number of halogens is 2. The molecule has 1 heterocycles. The van der Waals surface area contributed by atoms with Gasteiger partial charge in [0.25, 0.3) is 0 Å². The van der Waals surface area contributed by atoms with Gasteiger partial charge in [0.05, 0.1) is 17.9 Å². The highest BCUT2D eigenvalue weighted by molar-refractivity contribution is 7.88. The van der Waals surface area contributed by atoms with Gasteiger partial charge in [0.1, 0.15) is 5.82 Å². The Bertz CT molecular complexity index is 1100. The highest BCUT2D eigenvalue weighted by atomic mass is 35.5. The minimum atomic E-state index is -3.78. The van der Waals surface area contributed by atoms with Crippen molar-refractivity contribution in [3.8, 4) is 0 Å². The maximum absolute atomic E-state index is 14.0. The van der Waals surface area contributed by atoms with Crippen molar-refractivity contribution in [2.45, 2.75) is 38.4 Å². The van der Waals surface area contributed by atoms with Gasteiger partial charge in [-0.15, -0.1) is 0 Å². The van der Waals surface area contributed by atoms with Crippen molar-refractivity contribution in [3.05, 3.63) is 64.4 Å². The molecule has 0 unspecified atom stereocenters. The smallest absolute Gasteiger partial charge is 0.338 e. The Kier molecular flexibility index (Phi) is 9.04. The van der Waals surface area contributed by atoms with Crippen LogP contribution in [-0.4, -0.2) is 44.3 Å². The summed E-state index contributed by atoms with van der Waals surface area (Å²) in [6.45, 7) is 2.70. The van der Waals surface area contributed by atoms with Crippen molar-refractivity contribution < 1.29 is 27.1 Å². The van der Waals surface area contributed by atoms with Crippen LogP contribution in [-0.2, 0) is 25.3 Å². The molecule has 0 aromatic heterocycles. The second-order valence-corrected chi connectivity index (χ2v) is 10.6. The van der Waals surface area contributed by atoms with Crippen LogP contribution in [0.3, 0.4) is 0 Å². The number of ether oxygens (including phenoxy) is 1. The number of piperidine rings is 1. The van der Waals surface area contributed by atoms with Crippen molar-refractivity contribution in [2.24, 2.45) is 5.92 Å². The second kappa shape index (κ2) is 11.8. The first-order valence-corrected chi connectivity index (χ1v) is 13.2. The first kappa shape index (κ1) is 26.1. The van der Waals surface area contributed by atoms with E-state index >= 15 is 0 Å². The molecule has 0 bridgehead atoms. The number of esters is 1. The van der Waals surface area contributed by atoms with Gasteiger partial charge in [0, 0.05) is 35.3 Å². The zero-order valence-electron chi connectivity index (χ0n) is 18.9. The average molecular weight is 511 g/mol. The third kappa shape index (κ3) is 6.77. The van der Waals surface area contributed by atoms with Crippen LogP contribution in [0.15, 0.2) is 42.5 Å². The molecule has 184 valence electrons. The summed E-state index contributed by atoms with van der Waals surface area (Å²) in [6, 6.07) is 10.5. The van der Waals surface area contributed by atoms with Crippen LogP contribution in [0.5, 0.6) is 0 Å². The monoisotopic (exact) mass is 510 g/mol. The lowest BCUT2D eigenvalue weighted by molar-refractivity contribution is -0.120. The van der Waals surface area contributed by atoms with E-state index < -0.39 is 27.6 Å². The van der Waals surface area contributed by atoms with Crippen LogP contribution in [0.1, 0.15) is 48.5 Å². The lowest BCUT2D eigenvalue weighted by Gasteiger charge is -2.30. The van der Waals surface area contributed by atoms with Crippen molar-refractivity contribution in [3.63, 3.8) is 0 Å². The van der Waals surface area contributed by atoms with Gasteiger partial charge in [-0.2, -0.15) is 0 Å². The number of nitrogens with one attached hydrogen (secondary N) is 1. The molecule has 0 saturated carbocycles. The van der Waals surface area contributed by atoms with Gasteiger partial charge < -0.3 is 10.1 Å². The van der Waals surface area contributed by atoms with E-state index in [0.29, 0.717) is 30.7 Å². The van der Waals surface area contributed by atoms with Gasteiger partial charge in [-0.25, -0.2) is 21.9 Å². The molecule has 0 spiro atoms. The van der Waals surface area contributed by atoms with Gasteiger partial charge in [-0.1, -0.05) is 31.0 Å². The zero-order valence-corrected chi connectivity index (χ0v) is 20.5. The summed E-state index contributed by atoms with van der Waals surface area (Å²) in [5.74, 6) is -2.17. The van der Waals surface area contributed by atoms with Gasteiger partial charge in [0.15, 0.2) is 0 Å². The fourth-order valence-corrected chi connectivity index (χ4v) is 5.58. The minimum Gasteiger partial charge on any atom is -0.462 e. The van der Waals surface area contributed by atoms with Gasteiger partial charge in [-0.05, 0) is 55.7 Å². The maximum atomic E-state index is 14.0. The molecule has 2 aromatic rings. The van der Waals surface area contributed by atoms with E-state index in [0.717, 1.165) is 12.8 Å². The number of hydrogen-bond acceptors (Lipinski definition) is 5. The number of rotatable bonds is 9. The van der Waals surface area contributed by atoms with Crippen LogP contribution in [0.4, 0.5) is 10.1 Å². The fourth-order valence-electron chi connectivity index (χ4n) is 3.67. The number of amides is 1. The normalized spacial score (nSPS) is 15.1. The van der Waals surface area contributed by atoms with Crippen molar-refractivity contribution in [2.75, 3.05) is 25.0 Å². The Morgan fingerprint density at radius 2 is 1.82 bits per heavy atom. The van der Waals surface area contributed by atoms with E-state index in [-0.39, 0.29) is 35.5 Å². The largest absolute Gasteiger partial charge is 0.462 e. The number of hydrogen-bond donors (Lipinski definition) is 1. The number of benzene rings is 2. The summed E-state index contributed by atoms with van der Waals surface area (Å²) >= 11 is 5.97. The van der Waals surface area contributed by atoms with Gasteiger partial charge in [0.2, 0.25) is 15.9 Å². The van der Waals surface area contributed by atoms with E-state index in [2.05, 4.69) is 5.32 Å². The highest BCUT2D eigenvalue weighted by Crippen LogP contribution is 2.26. The van der Waals surface area contributed by atoms with Crippen molar-refractivity contribution in [1.29, 1.82) is 0 Å². The van der Waals surface area contributed by atoms with E-state index in [9.17, 15) is 22.4 Å². The topological polar surface area (TPSA) is 92.8 Å². The minimum absolute atomic E-state index is 0.0540.